The normalized spacial score (nSPS) is 32.7. The van der Waals surface area contributed by atoms with Crippen LogP contribution >= 0.6 is 11.8 Å². The molecule has 1 aromatic rings. The molecular formula is C31H39N3O4S. The van der Waals surface area contributed by atoms with Gasteiger partial charge in [-0.25, -0.2) is 0 Å². The van der Waals surface area contributed by atoms with E-state index in [-0.39, 0.29) is 35.6 Å². The van der Waals surface area contributed by atoms with Crippen LogP contribution in [0.5, 0.6) is 0 Å². The zero-order chi connectivity index (χ0) is 27.0. The SMILES string of the molecule is O=C1[C@@H]2[C@H]3C(=O)N(CCCCO)C4C(=O)N(C5CCCCC5)CC=C[C@@]43S[C@@H]2C=CCN1Cc1ccccc1. The van der Waals surface area contributed by atoms with Crippen molar-refractivity contribution in [3.05, 3.63) is 60.2 Å². The van der Waals surface area contributed by atoms with E-state index in [1.54, 1.807) is 16.7 Å². The van der Waals surface area contributed by atoms with Crippen molar-refractivity contribution in [2.24, 2.45) is 11.8 Å². The number of likely N-dealkylation sites (tertiary alicyclic amines) is 1. The number of unbranched alkanes of at least 4 members (excludes halogenated alkanes) is 1. The van der Waals surface area contributed by atoms with Crippen LogP contribution in [0.3, 0.4) is 0 Å². The summed E-state index contributed by atoms with van der Waals surface area (Å²) in [6, 6.07) is 9.56. The van der Waals surface area contributed by atoms with Crippen molar-refractivity contribution in [1.82, 2.24) is 14.7 Å². The Morgan fingerprint density at radius 3 is 2.49 bits per heavy atom. The fourth-order valence-electron chi connectivity index (χ4n) is 7.51. The number of carbonyl (C=O) groups excluding carboxylic acids is 3. The quantitative estimate of drug-likeness (QED) is 0.417. The fraction of sp³-hybridized carbons (Fsp3) is 0.581. The van der Waals surface area contributed by atoms with Gasteiger partial charge in [0.2, 0.25) is 17.7 Å². The maximum absolute atomic E-state index is 14.4. The molecule has 7 nitrogen and oxygen atoms in total. The summed E-state index contributed by atoms with van der Waals surface area (Å²) in [5, 5.41) is 9.28. The first-order chi connectivity index (χ1) is 19.0. The topological polar surface area (TPSA) is 81.2 Å². The zero-order valence-corrected chi connectivity index (χ0v) is 23.3. The Balaban J connectivity index is 1.36. The number of nitrogens with zero attached hydrogens (tertiary/aromatic N) is 3. The van der Waals surface area contributed by atoms with E-state index in [4.69, 9.17) is 0 Å². The lowest BCUT2D eigenvalue weighted by Crippen LogP contribution is -2.55. The summed E-state index contributed by atoms with van der Waals surface area (Å²) in [5.41, 5.74) is 1.06. The average Bonchev–Trinajstić information content (AvgIpc) is 3.27. The highest BCUT2D eigenvalue weighted by atomic mass is 32.2. The van der Waals surface area contributed by atoms with Crippen molar-refractivity contribution >= 4 is 29.5 Å². The molecule has 1 aliphatic carbocycles. The lowest BCUT2D eigenvalue weighted by molar-refractivity contribution is -0.145. The van der Waals surface area contributed by atoms with E-state index >= 15 is 0 Å². The molecule has 1 N–H and O–H groups in total. The third kappa shape index (κ3) is 4.63. The molecule has 0 aromatic heterocycles. The van der Waals surface area contributed by atoms with Crippen molar-refractivity contribution in [2.75, 3.05) is 26.2 Å². The molecule has 1 saturated carbocycles. The van der Waals surface area contributed by atoms with Crippen molar-refractivity contribution in [3.63, 3.8) is 0 Å². The van der Waals surface area contributed by atoms with Gasteiger partial charge in [-0.1, -0.05) is 73.9 Å². The van der Waals surface area contributed by atoms with Crippen molar-refractivity contribution < 1.29 is 19.5 Å². The van der Waals surface area contributed by atoms with Crippen LogP contribution in [0, 0.1) is 11.8 Å². The number of rotatable bonds is 7. The summed E-state index contributed by atoms with van der Waals surface area (Å²) in [7, 11) is 0. The van der Waals surface area contributed by atoms with E-state index in [2.05, 4.69) is 24.3 Å². The van der Waals surface area contributed by atoms with Gasteiger partial charge in [0.1, 0.15) is 6.04 Å². The maximum Gasteiger partial charge on any atom is 0.247 e. The molecule has 3 fully saturated rings. The van der Waals surface area contributed by atoms with Crippen LogP contribution in [-0.2, 0) is 20.9 Å². The summed E-state index contributed by atoms with van der Waals surface area (Å²) in [6.45, 7) is 2.06. The Kier molecular flexibility index (Phi) is 7.60. The van der Waals surface area contributed by atoms with E-state index in [0.717, 1.165) is 31.2 Å². The van der Waals surface area contributed by atoms with Crippen molar-refractivity contribution in [3.8, 4) is 0 Å². The number of benzene rings is 1. The molecule has 4 heterocycles. The zero-order valence-electron chi connectivity index (χ0n) is 22.5. The van der Waals surface area contributed by atoms with Crippen LogP contribution in [0.25, 0.3) is 0 Å². The molecule has 208 valence electrons. The first-order valence-corrected chi connectivity index (χ1v) is 15.5. The Hall–Kier alpha value is -2.58. The Morgan fingerprint density at radius 1 is 0.923 bits per heavy atom. The highest BCUT2D eigenvalue weighted by Crippen LogP contribution is 2.61. The standard InChI is InChI=1S/C31H39N3O4S/c35-20-8-7-18-34-27-30(38)33(23-13-5-2-6-14-23)19-10-16-31(27)26(29(34)37)25-24(39-31)15-9-17-32(28(25)36)21-22-11-3-1-4-12-22/h1,3-4,9-12,15-16,23-27,35H,2,5-8,13-14,17-21H2/t24-,25+,26+,27?,31+/m1/s1. The minimum Gasteiger partial charge on any atom is -0.396 e. The van der Waals surface area contributed by atoms with Crippen LogP contribution in [-0.4, -0.2) is 85.8 Å². The van der Waals surface area contributed by atoms with Gasteiger partial charge >= 0.3 is 0 Å². The summed E-state index contributed by atoms with van der Waals surface area (Å²) in [4.78, 5) is 48.6. The van der Waals surface area contributed by atoms with Crippen LogP contribution < -0.4 is 0 Å². The number of amides is 3. The second-order valence-corrected chi connectivity index (χ2v) is 13.1. The van der Waals surface area contributed by atoms with Gasteiger partial charge in [0.25, 0.3) is 0 Å². The second-order valence-electron chi connectivity index (χ2n) is 11.6. The van der Waals surface area contributed by atoms with Gasteiger partial charge in [-0.2, -0.15) is 0 Å². The molecule has 1 unspecified atom stereocenters. The molecule has 2 saturated heterocycles. The summed E-state index contributed by atoms with van der Waals surface area (Å²) >= 11 is 1.65. The molecule has 39 heavy (non-hydrogen) atoms. The molecule has 3 amide bonds. The Morgan fingerprint density at radius 2 is 1.72 bits per heavy atom. The molecule has 0 radical (unpaired) electrons. The first-order valence-electron chi connectivity index (χ1n) is 14.6. The van der Waals surface area contributed by atoms with Gasteiger partial charge in [-0.3, -0.25) is 14.4 Å². The first kappa shape index (κ1) is 26.6. The van der Waals surface area contributed by atoms with Gasteiger partial charge in [-0.05, 0) is 31.2 Å². The number of aliphatic hydroxyl groups is 1. The smallest absolute Gasteiger partial charge is 0.247 e. The summed E-state index contributed by atoms with van der Waals surface area (Å²) in [6.07, 6.45) is 15.1. The molecule has 4 aliphatic heterocycles. The van der Waals surface area contributed by atoms with E-state index in [0.29, 0.717) is 39.0 Å². The lowest BCUT2D eigenvalue weighted by atomic mass is 9.78. The van der Waals surface area contributed by atoms with Gasteiger partial charge in [0.15, 0.2) is 0 Å². The largest absolute Gasteiger partial charge is 0.396 e. The Labute approximate surface area is 235 Å². The predicted molar refractivity (Wildman–Crippen MR) is 152 cm³/mol. The molecule has 0 bridgehead atoms. The highest BCUT2D eigenvalue weighted by molar-refractivity contribution is 8.02. The molecule has 1 spiro atoms. The van der Waals surface area contributed by atoms with Crippen LogP contribution in [0.4, 0.5) is 0 Å². The number of thioether (sulfide) groups is 1. The maximum atomic E-state index is 14.4. The molecule has 1 aromatic carbocycles. The number of hydrogen-bond donors (Lipinski definition) is 1. The molecule has 5 aliphatic rings. The number of carbonyl (C=O) groups is 3. The summed E-state index contributed by atoms with van der Waals surface area (Å²) in [5.74, 6) is -1.12. The van der Waals surface area contributed by atoms with E-state index < -0.39 is 22.6 Å². The van der Waals surface area contributed by atoms with Crippen molar-refractivity contribution in [2.45, 2.75) is 73.6 Å². The van der Waals surface area contributed by atoms with Crippen LogP contribution in [0.2, 0.25) is 0 Å². The minimum absolute atomic E-state index is 0.00164. The van der Waals surface area contributed by atoms with Gasteiger partial charge in [0.05, 0.1) is 16.6 Å². The number of fused-ring (bicyclic) bond motifs is 2. The summed E-state index contributed by atoms with van der Waals surface area (Å²) < 4.78 is -0.762. The highest BCUT2D eigenvalue weighted by Gasteiger charge is 2.71. The monoisotopic (exact) mass is 549 g/mol. The lowest BCUT2D eigenvalue weighted by Gasteiger charge is -2.39. The number of aliphatic hydroxyl groups excluding tert-OH is 1. The molecule has 5 atom stereocenters. The molecular weight excluding hydrogens is 510 g/mol. The van der Waals surface area contributed by atoms with Gasteiger partial charge in [-0.15, -0.1) is 11.8 Å². The van der Waals surface area contributed by atoms with E-state index in [1.807, 2.05) is 40.1 Å². The van der Waals surface area contributed by atoms with E-state index in [9.17, 15) is 19.5 Å². The van der Waals surface area contributed by atoms with Crippen LogP contribution in [0.15, 0.2) is 54.6 Å². The predicted octanol–water partition coefficient (Wildman–Crippen LogP) is 3.39. The van der Waals surface area contributed by atoms with Crippen LogP contribution in [0.1, 0.15) is 50.5 Å². The Bertz CT molecular complexity index is 1150. The second kappa shape index (κ2) is 11.1. The van der Waals surface area contributed by atoms with Crippen molar-refractivity contribution in [1.29, 1.82) is 0 Å². The minimum atomic E-state index is -0.762. The number of hydrogen-bond acceptors (Lipinski definition) is 5. The third-order valence-corrected chi connectivity index (χ3v) is 11.1. The third-order valence-electron chi connectivity index (χ3n) is 9.31. The molecule has 6 rings (SSSR count). The molecule has 8 heteroatoms. The van der Waals surface area contributed by atoms with Gasteiger partial charge < -0.3 is 19.8 Å². The van der Waals surface area contributed by atoms with Gasteiger partial charge in [0, 0.05) is 44.1 Å². The van der Waals surface area contributed by atoms with E-state index in [1.165, 1.54) is 6.42 Å². The average molecular weight is 550 g/mol. The fourth-order valence-corrected chi connectivity index (χ4v) is 9.51.